The largest absolute Gasteiger partial charge is 0.382 e. The summed E-state index contributed by atoms with van der Waals surface area (Å²) < 4.78 is 1.24. The summed E-state index contributed by atoms with van der Waals surface area (Å²) >= 11 is 0. The van der Waals surface area contributed by atoms with Crippen molar-refractivity contribution in [3.05, 3.63) is 29.2 Å². The van der Waals surface area contributed by atoms with Gasteiger partial charge in [0.1, 0.15) is 11.6 Å². The van der Waals surface area contributed by atoms with Crippen LogP contribution in [0.2, 0.25) is 0 Å². The molecule has 0 fully saturated rings. The fraction of sp³-hybridized carbons (Fsp3) is 0.364. The summed E-state index contributed by atoms with van der Waals surface area (Å²) in [4.78, 5) is 13.6. The van der Waals surface area contributed by atoms with Crippen LogP contribution in [-0.4, -0.2) is 34.7 Å². The third-order valence-electron chi connectivity index (χ3n) is 1.94. The van der Waals surface area contributed by atoms with Crippen molar-refractivity contribution in [1.29, 1.82) is 5.26 Å². The van der Waals surface area contributed by atoms with Crippen LogP contribution in [0.1, 0.15) is 16.2 Å². The summed E-state index contributed by atoms with van der Waals surface area (Å²) in [6.07, 6.45) is 1.48. The molecule has 1 aromatic heterocycles. The Balaban J connectivity index is 3.11. The molecule has 5 heteroatoms. The first-order valence-electron chi connectivity index (χ1n) is 4.82. The first-order chi connectivity index (χ1) is 7.45. The van der Waals surface area contributed by atoms with Crippen molar-refractivity contribution >= 4 is 5.91 Å². The van der Waals surface area contributed by atoms with Crippen molar-refractivity contribution in [3.63, 3.8) is 0 Å². The van der Waals surface area contributed by atoms with Gasteiger partial charge in [0.05, 0.1) is 5.69 Å². The highest BCUT2D eigenvalue weighted by molar-refractivity contribution is 5.98. The standard InChI is InChI=1S/C11H14N4O/c1-8-5-9(2)15(13-8)11(16)10(6-12)7-14(3)4/h5,7H,1-4H3. The van der Waals surface area contributed by atoms with Gasteiger partial charge in [-0.2, -0.15) is 10.4 Å². The highest BCUT2D eigenvalue weighted by Gasteiger charge is 2.15. The van der Waals surface area contributed by atoms with Gasteiger partial charge in [0.25, 0.3) is 5.91 Å². The smallest absolute Gasteiger partial charge is 0.290 e. The number of allylic oxidation sites excluding steroid dienone is 1. The van der Waals surface area contributed by atoms with Crippen LogP contribution >= 0.6 is 0 Å². The van der Waals surface area contributed by atoms with Crippen molar-refractivity contribution in [1.82, 2.24) is 14.7 Å². The minimum Gasteiger partial charge on any atom is -0.382 e. The number of hydrogen-bond acceptors (Lipinski definition) is 4. The zero-order valence-electron chi connectivity index (χ0n) is 9.85. The maximum Gasteiger partial charge on any atom is 0.290 e. The van der Waals surface area contributed by atoms with Crippen molar-refractivity contribution in [2.75, 3.05) is 14.1 Å². The summed E-state index contributed by atoms with van der Waals surface area (Å²) in [6, 6.07) is 3.67. The zero-order chi connectivity index (χ0) is 12.3. The van der Waals surface area contributed by atoms with Crippen LogP contribution in [0.15, 0.2) is 17.8 Å². The molecule has 0 aliphatic carbocycles. The van der Waals surface area contributed by atoms with Crippen LogP contribution in [0.5, 0.6) is 0 Å². The molecule has 0 radical (unpaired) electrons. The summed E-state index contributed by atoms with van der Waals surface area (Å²) in [5.41, 5.74) is 1.55. The fourth-order valence-electron chi connectivity index (χ4n) is 1.34. The maximum absolute atomic E-state index is 11.9. The number of hydrogen-bond donors (Lipinski definition) is 0. The van der Waals surface area contributed by atoms with E-state index in [1.165, 1.54) is 10.9 Å². The highest BCUT2D eigenvalue weighted by Crippen LogP contribution is 2.06. The molecule has 0 saturated carbocycles. The van der Waals surface area contributed by atoms with Gasteiger partial charge in [-0.15, -0.1) is 0 Å². The van der Waals surface area contributed by atoms with Gasteiger partial charge in [-0.1, -0.05) is 0 Å². The number of carbonyl (C=O) groups excluding carboxylic acids is 1. The molecule has 0 unspecified atom stereocenters. The second kappa shape index (κ2) is 4.62. The van der Waals surface area contributed by atoms with Crippen LogP contribution in [0, 0.1) is 25.2 Å². The minimum atomic E-state index is -0.401. The van der Waals surface area contributed by atoms with Crippen LogP contribution in [0.25, 0.3) is 0 Å². The molecule has 1 heterocycles. The maximum atomic E-state index is 11.9. The molecular weight excluding hydrogens is 204 g/mol. The Kier molecular flexibility index (Phi) is 3.46. The lowest BCUT2D eigenvalue weighted by Crippen LogP contribution is -2.18. The molecule has 0 amide bonds. The second-order valence-corrected chi connectivity index (χ2v) is 3.76. The van der Waals surface area contributed by atoms with E-state index in [2.05, 4.69) is 5.10 Å². The van der Waals surface area contributed by atoms with Crippen molar-refractivity contribution in [2.45, 2.75) is 13.8 Å². The van der Waals surface area contributed by atoms with Gasteiger partial charge in [-0.3, -0.25) is 4.79 Å². The Morgan fingerprint density at radius 3 is 2.56 bits per heavy atom. The Labute approximate surface area is 94.6 Å². The Hall–Kier alpha value is -2.09. The molecule has 16 heavy (non-hydrogen) atoms. The summed E-state index contributed by atoms with van der Waals surface area (Å²) in [5, 5.41) is 12.9. The fourth-order valence-corrected chi connectivity index (χ4v) is 1.34. The molecule has 0 aromatic carbocycles. The van der Waals surface area contributed by atoms with Gasteiger partial charge in [-0.05, 0) is 19.9 Å². The van der Waals surface area contributed by atoms with E-state index in [4.69, 9.17) is 5.26 Å². The Morgan fingerprint density at radius 1 is 1.56 bits per heavy atom. The highest BCUT2D eigenvalue weighted by atomic mass is 16.2. The van der Waals surface area contributed by atoms with Gasteiger partial charge in [-0.25, -0.2) is 4.68 Å². The molecule has 0 spiro atoms. The van der Waals surface area contributed by atoms with E-state index in [-0.39, 0.29) is 5.57 Å². The van der Waals surface area contributed by atoms with E-state index < -0.39 is 5.91 Å². The van der Waals surface area contributed by atoms with Gasteiger partial charge in [0, 0.05) is 26.0 Å². The zero-order valence-corrected chi connectivity index (χ0v) is 9.85. The molecule has 0 saturated heterocycles. The van der Waals surface area contributed by atoms with Crippen LogP contribution in [0.3, 0.4) is 0 Å². The summed E-state index contributed by atoms with van der Waals surface area (Å²) in [7, 11) is 3.51. The molecule has 84 valence electrons. The Bertz CT molecular complexity index is 477. The van der Waals surface area contributed by atoms with Crippen LogP contribution < -0.4 is 0 Å². The number of nitriles is 1. The average molecular weight is 218 g/mol. The third-order valence-corrected chi connectivity index (χ3v) is 1.94. The summed E-state index contributed by atoms with van der Waals surface area (Å²) in [5.74, 6) is -0.401. The number of nitrogens with zero attached hydrogens (tertiary/aromatic N) is 4. The van der Waals surface area contributed by atoms with E-state index >= 15 is 0 Å². The van der Waals surface area contributed by atoms with E-state index in [0.29, 0.717) is 0 Å². The quantitative estimate of drug-likeness (QED) is 0.551. The molecule has 0 bridgehead atoms. The van der Waals surface area contributed by atoms with E-state index in [1.54, 1.807) is 38.9 Å². The third kappa shape index (κ3) is 2.48. The molecule has 0 atom stereocenters. The number of aromatic nitrogens is 2. The average Bonchev–Trinajstić information content (AvgIpc) is 2.53. The minimum absolute atomic E-state index is 0.0659. The van der Waals surface area contributed by atoms with E-state index in [0.717, 1.165) is 11.4 Å². The van der Waals surface area contributed by atoms with Gasteiger partial charge >= 0.3 is 0 Å². The number of rotatable bonds is 2. The van der Waals surface area contributed by atoms with Crippen LogP contribution in [-0.2, 0) is 0 Å². The predicted molar refractivity (Wildman–Crippen MR) is 59.7 cm³/mol. The molecule has 0 aliphatic heterocycles. The molecule has 0 N–H and O–H groups in total. The molecule has 0 aliphatic rings. The van der Waals surface area contributed by atoms with Gasteiger partial charge < -0.3 is 4.90 Å². The van der Waals surface area contributed by atoms with Crippen molar-refractivity contribution in [3.8, 4) is 6.07 Å². The number of aryl methyl sites for hydroxylation is 2. The molecule has 5 nitrogen and oxygen atoms in total. The lowest BCUT2D eigenvalue weighted by Gasteiger charge is -2.06. The van der Waals surface area contributed by atoms with E-state index in [1.807, 2.05) is 6.07 Å². The van der Waals surface area contributed by atoms with Crippen molar-refractivity contribution in [2.24, 2.45) is 0 Å². The second-order valence-electron chi connectivity index (χ2n) is 3.76. The van der Waals surface area contributed by atoms with Crippen molar-refractivity contribution < 1.29 is 4.79 Å². The molecular formula is C11H14N4O. The van der Waals surface area contributed by atoms with Gasteiger partial charge in [0.15, 0.2) is 0 Å². The SMILES string of the molecule is Cc1cc(C)n(C(=O)C(C#N)=CN(C)C)n1. The normalized spacial score (nSPS) is 11.1. The first kappa shape index (κ1) is 12.0. The topological polar surface area (TPSA) is 61.9 Å². The number of carbonyl (C=O) groups is 1. The van der Waals surface area contributed by atoms with Crippen LogP contribution in [0.4, 0.5) is 0 Å². The Morgan fingerprint density at radius 2 is 2.19 bits per heavy atom. The lowest BCUT2D eigenvalue weighted by molar-refractivity contribution is 0.0941. The molecule has 1 rings (SSSR count). The van der Waals surface area contributed by atoms with E-state index in [9.17, 15) is 4.79 Å². The lowest BCUT2D eigenvalue weighted by atomic mass is 10.3. The monoisotopic (exact) mass is 218 g/mol. The predicted octanol–water partition coefficient (Wildman–Crippen LogP) is 1.11. The molecule has 1 aromatic rings. The van der Waals surface area contributed by atoms with Gasteiger partial charge in [0.2, 0.25) is 0 Å². The first-order valence-corrected chi connectivity index (χ1v) is 4.82. The summed E-state index contributed by atoms with van der Waals surface area (Å²) in [6.45, 7) is 3.58.